The van der Waals surface area contributed by atoms with Gasteiger partial charge in [-0.15, -0.1) is 0 Å². The largest absolute Gasteiger partial charge is 0.462 e. The summed E-state index contributed by atoms with van der Waals surface area (Å²) in [5, 5.41) is 0. The van der Waals surface area contributed by atoms with Crippen LogP contribution in [0.5, 0.6) is 0 Å². The summed E-state index contributed by atoms with van der Waals surface area (Å²) in [5.41, 5.74) is 0. The number of rotatable bonds is 53. The summed E-state index contributed by atoms with van der Waals surface area (Å²) in [6.07, 6.45) is 68.2. The molecule has 0 aromatic rings. The molecule has 0 saturated heterocycles. The Morgan fingerprint density at radius 2 is 0.582 bits per heavy atom. The van der Waals surface area contributed by atoms with E-state index in [0.717, 1.165) is 103 Å². The predicted molar refractivity (Wildman–Crippen MR) is 289 cm³/mol. The molecule has 0 bridgehead atoms. The number of ether oxygens (including phenoxy) is 3. The van der Waals surface area contributed by atoms with Crippen molar-refractivity contribution in [3.8, 4) is 0 Å². The molecule has 0 radical (unpaired) electrons. The second-order valence-corrected chi connectivity index (χ2v) is 19.5. The molecule has 0 aromatic heterocycles. The zero-order chi connectivity index (χ0) is 48.6. The summed E-state index contributed by atoms with van der Waals surface area (Å²) >= 11 is 0. The molecule has 0 aliphatic carbocycles. The van der Waals surface area contributed by atoms with Crippen LogP contribution in [-0.4, -0.2) is 37.2 Å². The highest BCUT2D eigenvalue weighted by atomic mass is 16.6. The molecule has 390 valence electrons. The Kier molecular flexibility index (Phi) is 53.8. The van der Waals surface area contributed by atoms with Gasteiger partial charge in [-0.25, -0.2) is 0 Å². The van der Waals surface area contributed by atoms with Crippen LogP contribution in [0.1, 0.15) is 303 Å². The molecular formula is C61H110O6. The normalized spacial score (nSPS) is 12.3. The maximum Gasteiger partial charge on any atom is 0.306 e. The van der Waals surface area contributed by atoms with Crippen LogP contribution in [0.25, 0.3) is 0 Å². The Morgan fingerprint density at radius 3 is 0.940 bits per heavy atom. The number of hydrogen-bond donors (Lipinski definition) is 0. The number of carbonyl (C=O) groups excluding carboxylic acids is 3. The fraction of sp³-hybridized carbons (Fsp3) is 0.820. The third kappa shape index (κ3) is 54.2. The second-order valence-electron chi connectivity index (χ2n) is 19.5. The Bertz CT molecular complexity index is 1170. The SMILES string of the molecule is CC/C=C\C/C=C\C/C=C\CCCCCCCCC(=O)OC(COC(=O)CCCCC/C=C\CCCCCCCCC)COC(=O)CCCCCCCCCCCCCCCCCCCCC. The van der Waals surface area contributed by atoms with Crippen molar-refractivity contribution < 1.29 is 28.6 Å². The van der Waals surface area contributed by atoms with Crippen molar-refractivity contribution in [3.63, 3.8) is 0 Å². The zero-order valence-corrected chi connectivity index (χ0v) is 44.7. The summed E-state index contributed by atoms with van der Waals surface area (Å²) in [7, 11) is 0. The summed E-state index contributed by atoms with van der Waals surface area (Å²) in [6, 6.07) is 0. The molecule has 6 nitrogen and oxygen atoms in total. The summed E-state index contributed by atoms with van der Waals surface area (Å²) < 4.78 is 16.9. The second kappa shape index (κ2) is 56.0. The topological polar surface area (TPSA) is 78.9 Å². The van der Waals surface area contributed by atoms with Crippen molar-refractivity contribution >= 4 is 17.9 Å². The van der Waals surface area contributed by atoms with Crippen molar-refractivity contribution in [2.24, 2.45) is 0 Å². The lowest BCUT2D eigenvalue weighted by atomic mass is 10.0. The van der Waals surface area contributed by atoms with E-state index in [4.69, 9.17) is 14.2 Å². The van der Waals surface area contributed by atoms with E-state index in [1.54, 1.807) is 0 Å². The van der Waals surface area contributed by atoms with Crippen LogP contribution in [0.4, 0.5) is 0 Å². The molecule has 0 fully saturated rings. The lowest BCUT2D eigenvalue weighted by Gasteiger charge is -2.18. The van der Waals surface area contributed by atoms with Gasteiger partial charge in [0.15, 0.2) is 6.10 Å². The lowest BCUT2D eigenvalue weighted by Crippen LogP contribution is -2.30. The summed E-state index contributed by atoms with van der Waals surface area (Å²) in [6.45, 7) is 6.54. The van der Waals surface area contributed by atoms with Gasteiger partial charge in [-0.3, -0.25) is 14.4 Å². The number of hydrogen-bond acceptors (Lipinski definition) is 6. The van der Waals surface area contributed by atoms with Crippen LogP contribution in [-0.2, 0) is 28.6 Å². The van der Waals surface area contributed by atoms with E-state index in [0.29, 0.717) is 19.3 Å². The lowest BCUT2D eigenvalue weighted by molar-refractivity contribution is -0.167. The highest BCUT2D eigenvalue weighted by Crippen LogP contribution is 2.16. The van der Waals surface area contributed by atoms with Crippen LogP contribution in [0.3, 0.4) is 0 Å². The van der Waals surface area contributed by atoms with Crippen molar-refractivity contribution in [1.82, 2.24) is 0 Å². The predicted octanol–water partition coefficient (Wildman–Crippen LogP) is 19.4. The van der Waals surface area contributed by atoms with E-state index in [1.807, 2.05) is 0 Å². The van der Waals surface area contributed by atoms with Gasteiger partial charge in [-0.05, 0) is 77.0 Å². The number of esters is 3. The van der Waals surface area contributed by atoms with E-state index in [2.05, 4.69) is 69.4 Å². The third-order valence-electron chi connectivity index (χ3n) is 12.8. The molecule has 0 aromatic carbocycles. The molecular weight excluding hydrogens is 829 g/mol. The van der Waals surface area contributed by atoms with Crippen molar-refractivity contribution in [1.29, 1.82) is 0 Å². The minimum atomic E-state index is -0.784. The number of carbonyl (C=O) groups is 3. The number of allylic oxidation sites excluding steroid dienone is 8. The number of unbranched alkanes of at least 4 members (excludes halogenated alkanes) is 34. The van der Waals surface area contributed by atoms with E-state index in [9.17, 15) is 14.4 Å². The quantitative estimate of drug-likeness (QED) is 0.0262. The molecule has 0 spiro atoms. The highest BCUT2D eigenvalue weighted by Gasteiger charge is 2.19. The van der Waals surface area contributed by atoms with Crippen LogP contribution in [0.15, 0.2) is 48.6 Å². The van der Waals surface area contributed by atoms with Gasteiger partial charge in [-0.2, -0.15) is 0 Å². The molecule has 0 amide bonds. The summed E-state index contributed by atoms with van der Waals surface area (Å²) in [5.74, 6) is -0.895. The minimum Gasteiger partial charge on any atom is -0.462 e. The Morgan fingerprint density at radius 1 is 0.313 bits per heavy atom. The van der Waals surface area contributed by atoms with Gasteiger partial charge in [-0.1, -0.05) is 256 Å². The molecule has 0 N–H and O–H groups in total. The van der Waals surface area contributed by atoms with E-state index in [1.165, 1.54) is 161 Å². The van der Waals surface area contributed by atoms with Crippen LogP contribution < -0.4 is 0 Å². The molecule has 1 atom stereocenters. The molecule has 0 aliphatic heterocycles. The first-order chi connectivity index (χ1) is 33.0. The van der Waals surface area contributed by atoms with Crippen molar-refractivity contribution in [2.75, 3.05) is 13.2 Å². The third-order valence-corrected chi connectivity index (χ3v) is 12.8. The first-order valence-electron chi connectivity index (χ1n) is 29.1. The minimum absolute atomic E-state index is 0.0802. The fourth-order valence-electron chi connectivity index (χ4n) is 8.45. The average molecular weight is 940 g/mol. The van der Waals surface area contributed by atoms with Gasteiger partial charge < -0.3 is 14.2 Å². The van der Waals surface area contributed by atoms with Gasteiger partial charge in [0.05, 0.1) is 0 Å². The molecule has 67 heavy (non-hydrogen) atoms. The van der Waals surface area contributed by atoms with Gasteiger partial charge in [0.1, 0.15) is 13.2 Å². The molecule has 0 saturated carbocycles. The standard InChI is InChI=1S/C61H110O6/c1-4-7-10-13-16-19-22-25-28-30-31-32-34-36-39-42-45-48-51-54-60(63)66-57-58(56-65-59(62)53-50-47-44-41-38-35-27-24-21-18-15-12-9-6-3)67-61(64)55-52-49-46-43-40-37-33-29-26-23-20-17-14-11-8-5-2/h8,11,17,20,26,29,35,38,58H,4-7,9-10,12-16,18-19,21-25,27-28,30-34,36-37,39-57H2,1-3H3/b11-8-,20-17-,29-26-,38-35-. The van der Waals surface area contributed by atoms with E-state index >= 15 is 0 Å². The van der Waals surface area contributed by atoms with E-state index in [-0.39, 0.29) is 31.1 Å². The zero-order valence-electron chi connectivity index (χ0n) is 44.7. The summed E-state index contributed by atoms with van der Waals surface area (Å²) in [4.78, 5) is 38.1. The maximum absolute atomic E-state index is 12.8. The smallest absolute Gasteiger partial charge is 0.306 e. The van der Waals surface area contributed by atoms with Crippen molar-refractivity contribution in [2.45, 2.75) is 309 Å². The van der Waals surface area contributed by atoms with E-state index < -0.39 is 6.10 Å². The van der Waals surface area contributed by atoms with Gasteiger partial charge in [0.25, 0.3) is 0 Å². The van der Waals surface area contributed by atoms with Gasteiger partial charge in [0.2, 0.25) is 0 Å². The molecule has 0 heterocycles. The molecule has 0 rings (SSSR count). The molecule has 1 unspecified atom stereocenters. The Balaban J connectivity index is 4.35. The van der Waals surface area contributed by atoms with Crippen molar-refractivity contribution in [3.05, 3.63) is 48.6 Å². The average Bonchev–Trinajstić information content (AvgIpc) is 3.33. The Hall–Kier alpha value is -2.63. The van der Waals surface area contributed by atoms with Crippen LogP contribution >= 0.6 is 0 Å². The monoisotopic (exact) mass is 939 g/mol. The van der Waals surface area contributed by atoms with Gasteiger partial charge in [0, 0.05) is 19.3 Å². The van der Waals surface area contributed by atoms with Gasteiger partial charge >= 0.3 is 17.9 Å². The molecule has 6 heteroatoms. The highest BCUT2D eigenvalue weighted by molar-refractivity contribution is 5.71. The molecule has 0 aliphatic rings. The van der Waals surface area contributed by atoms with Crippen LogP contribution in [0, 0.1) is 0 Å². The first kappa shape index (κ1) is 64.4. The first-order valence-corrected chi connectivity index (χ1v) is 29.1. The van der Waals surface area contributed by atoms with Crippen LogP contribution in [0.2, 0.25) is 0 Å². The maximum atomic E-state index is 12.8. The fourth-order valence-corrected chi connectivity index (χ4v) is 8.45. The Labute approximate surface area is 416 Å².